The van der Waals surface area contributed by atoms with Gasteiger partial charge in [0.2, 0.25) is 0 Å². The molecule has 4 rings (SSSR count). The predicted molar refractivity (Wildman–Crippen MR) is 119 cm³/mol. The molecule has 6 heteroatoms. The number of fused-ring (bicyclic) bond motifs is 2. The van der Waals surface area contributed by atoms with Gasteiger partial charge in [-0.3, -0.25) is 4.79 Å². The number of quaternary nitrogens is 1. The molecule has 2 aliphatic heterocycles. The first-order valence-corrected chi connectivity index (χ1v) is 11.4. The third-order valence-electron chi connectivity index (χ3n) is 5.75. The van der Waals surface area contributed by atoms with Gasteiger partial charge in [-0.1, -0.05) is 30.8 Å². The molecule has 0 bridgehead atoms. The minimum atomic E-state index is -0.0451. The maximum atomic E-state index is 12.7. The number of para-hydroxylation sites is 1. The minimum absolute atomic E-state index is 0.0282. The van der Waals surface area contributed by atoms with Gasteiger partial charge < -0.3 is 20.1 Å². The third-order valence-corrected chi connectivity index (χ3v) is 6.88. The Kier molecular flexibility index (Phi) is 6.13. The molecule has 0 aliphatic carbocycles. The van der Waals surface area contributed by atoms with Gasteiger partial charge >= 0.3 is 0 Å². The Bertz CT molecular complexity index is 880. The number of hydroxylamine groups is 3. The fraction of sp³-hybridized carbons (Fsp3) is 0.435. The van der Waals surface area contributed by atoms with E-state index in [0.717, 1.165) is 61.6 Å². The molecule has 1 saturated heterocycles. The zero-order chi connectivity index (χ0) is 20.3. The first-order valence-electron chi connectivity index (χ1n) is 10.6. The number of hydrogen-bond acceptors (Lipinski definition) is 4. The molecule has 29 heavy (non-hydrogen) atoms. The van der Waals surface area contributed by atoms with E-state index in [0.29, 0.717) is 18.7 Å². The highest BCUT2D eigenvalue weighted by Gasteiger charge is 2.26. The second kappa shape index (κ2) is 8.78. The van der Waals surface area contributed by atoms with Gasteiger partial charge in [-0.05, 0) is 36.8 Å². The van der Waals surface area contributed by atoms with E-state index < -0.39 is 0 Å². The largest absolute Gasteiger partial charge is 0.633 e. The summed E-state index contributed by atoms with van der Waals surface area (Å²) in [4.78, 5) is 17.2. The summed E-state index contributed by atoms with van der Waals surface area (Å²) < 4.78 is -0.0451. The van der Waals surface area contributed by atoms with E-state index >= 15 is 0 Å². The Morgan fingerprint density at radius 1 is 1.14 bits per heavy atom. The molecule has 1 amide bonds. The number of likely N-dealkylation sites (tertiary alicyclic amines) is 1. The summed E-state index contributed by atoms with van der Waals surface area (Å²) in [5.41, 5.74) is 2.92. The molecule has 1 fully saturated rings. The Morgan fingerprint density at radius 3 is 2.69 bits per heavy atom. The number of carbonyl (C=O) groups is 1. The van der Waals surface area contributed by atoms with E-state index in [4.69, 9.17) is 0 Å². The SMILES string of the molecule is CCCNC(=O)c1ccc2c(c1)N(CCC[N+]1([O-])CCCC1)c1ccccc1S2. The van der Waals surface area contributed by atoms with E-state index in [9.17, 15) is 10.0 Å². The van der Waals surface area contributed by atoms with Gasteiger partial charge in [0, 0.05) is 47.7 Å². The van der Waals surface area contributed by atoms with E-state index in [2.05, 4.69) is 34.5 Å². The smallest absolute Gasteiger partial charge is 0.251 e. The Labute approximate surface area is 177 Å². The second-order valence-corrected chi connectivity index (χ2v) is 9.03. The highest BCUT2D eigenvalue weighted by Crippen LogP contribution is 2.48. The lowest BCUT2D eigenvalue weighted by Gasteiger charge is -2.40. The summed E-state index contributed by atoms with van der Waals surface area (Å²) >= 11 is 1.74. The number of benzene rings is 2. The summed E-state index contributed by atoms with van der Waals surface area (Å²) in [7, 11) is 0. The van der Waals surface area contributed by atoms with Crippen LogP contribution >= 0.6 is 11.8 Å². The zero-order valence-corrected chi connectivity index (χ0v) is 17.8. The Balaban J connectivity index is 1.58. The van der Waals surface area contributed by atoms with Crippen molar-refractivity contribution in [2.45, 2.75) is 42.4 Å². The van der Waals surface area contributed by atoms with Crippen LogP contribution in [0.2, 0.25) is 0 Å². The first-order chi connectivity index (χ1) is 14.1. The van der Waals surface area contributed by atoms with Crippen LogP contribution in [0, 0.1) is 5.21 Å². The van der Waals surface area contributed by atoms with Gasteiger partial charge in [-0.2, -0.15) is 0 Å². The molecule has 5 nitrogen and oxygen atoms in total. The van der Waals surface area contributed by atoms with Crippen LogP contribution in [0.5, 0.6) is 0 Å². The molecule has 0 unspecified atom stereocenters. The van der Waals surface area contributed by atoms with Crippen LogP contribution in [0.25, 0.3) is 0 Å². The molecule has 0 spiro atoms. The highest BCUT2D eigenvalue weighted by molar-refractivity contribution is 7.99. The van der Waals surface area contributed by atoms with Crippen molar-refractivity contribution < 1.29 is 9.44 Å². The van der Waals surface area contributed by atoms with Crippen molar-refractivity contribution in [3.8, 4) is 0 Å². The summed E-state index contributed by atoms with van der Waals surface area (Å²) in [5, 5.41) is 15.7. The Morgan fingerprint density at radius 2 is 1.90 bits per heavy atom. The number of anilines is 2. The fourth-order valence-corrected chi connectivity index (χ4v) is 5.28. The van der Waals surface area contributed by atoms with Crippen LogP contribution in [0.3, 0.4) is 0 Å². The number of nitrogens with zero attached hydrogens (tertiary/aromatic N) is 2. The normalized spacial score (nSPS) is 17.0. The molecule has 2 aromatic carbocycles. The van der Waals surface area contributed by atoms with Crippen LogP contribution in [0.15, 0.2) is 52.3 Å². The van der Waals surface area contributed by atoms with E-state index in [1.54, 1.807) is 11.8 Å². The van der Waals surface area contributed by atoms with Crippen molar-refractivity contribution in [3.05, 3.63) is 53.2 Å². The lowest BCUT2D eigenvalue weighted by Crippen LogP contribution is -2.40. The second-order valence-electron chi connectivity index (χ2n) is 7.95. The molecule has 2 heterocycles. The van der Waals surface area contributed by atoms with Crippen LogP contribution in [0.1, 0.15) is 43.0 Å². The maximum absolute atomic E-state index is 12.7. The van der Waals surface area contributed by atoms with E-state index in [1.807, 2.05) is 25.1 Å². The van der Waals surface area contributed by atoms with Gasteiger partial charge in [-0.15, -0.1) is 0 Å². The molecular formula is C23H29N3O2S. The molecule has 0 saturated carbocycles. The number of nitrogens with one attached hydrogen (secondary N) is 1. The highest BCUT2D eigenvalue weighted by atomic mass is 32.2. The average Bonchev–Trinajstić information content (AvgIpc) is 3.17. The molecule has 0 radical (unpaired) electrons. The molecule has 154 valence electrons. The lowest BCUT2D eigenvalue weighted by atomic mass is 10.1. The molecule has 1 N–H and O–H groups in total. The summed E-state index contributed by atoms with van der Waals surface area (Å²) in [6.45, 7) is 5.69. The van der Waals surface area contributed by atoms with Gasteiger partial charge in [-0.25, -0.2) is 0 Å². The van der Waals surface area contributed by atoms with Gasteiger partial charge in [0.1, 0.15) is 0 Å². The first kappa shape index (κ1) is 20.3. The summed E-state index contributed by atoms with van der Waals surface area (Å²) in [6, 6.07) is 14.3. The van der Waals surface area contributed by atoms with Gasteiger partial charge in [0.25, 0.3) is 5.91 Å². The van der Waals surface area contributed by atoms with Crippen LogP contribution in [-0.4, -0.2) is 43.3 Å². The van der Waals surface area contributed by atoms with E-state index in [1.165, 1.54) is 4.90 Å². The number of carbonyl (C=O) groups excluding carboxylic acids is 1. The van der Waals surface area contributed by atoms with Gasteiger partial charge in [0.05, 0.1) is 31.0 Å². The quantitative estimate of drug-likeness (QED) is 0.519. The fourth-order valence-electron chi connectivity index (χ4n) is 4.20. The van der Waals surface area contributed by atoms with E-state index in [-0.39, 0.29) is 10.6 Å². The van der Waals surface area contributed by atoms with Crippen LogP contribution in [0.4, 0.5) is 11.4 Å². The average molecular weight is 412 g/mol. The van der Waals surface area contributed by atoms with Crippen molar-refractivity contribution in [3.63, 3.8) is 0 Å². The number of amides is 1. The monoisotopic (exact) mass is 411 g/mol. The standard InChI is InChI=1S/C23H29N3O2S/c1-2-12-24-23(27)18-10-11-22-20(17-18)25(19-8-3-4-9-21(19)29-22)13-7-16-26(28)14-5-6-15-26/h3-4,8-11,17H,2,5-7,12-16H2,1H3,(H,24,27). The van der Waals surface area contributed by atoms with Crippen molar-refractivity contribution in [1.29, 1.82) is 0 Å². The molecule has 2 aromatic rings. The van der Waals surface area contributed by atoms with Crippen LogP contribution in [-0.2, 0) is 0 Å². The molecule has 0 aromatic heterocycles. The van der Waals surface area contributed by atoms with Gasteiger partial charge in [0.15, 0.2) is 0 Å². The van der Waals surface area contributed by atoms with Crippen molar-refractivity contribution in [1.82, 2.24) is 5.32 Å². The summed E-state index contributed by atoms with van der Waals surface area (Å²) in [5.74, 6) is -0.0282. The molecular weight excluding hydrogens is 382 g/mol. The summed E-state index contributed by atoms with van der Waals surface area (Å²) in [6.07, 6.45) is 3.85. The molecule has 2 aliphatic rings. The predicted octanol–water partition coefficient (Wildman–Crippen LogP) is 4.93. The van der Waals surface area contributed by atoms with Crippen molar-refractivity contribution in [2.75, 3.05) is 37.6 Å². The lowest BCUT2D eigenvalue weighted by molar-refractivity contribution is -0.868. The zero-order valence-electron chi connectivity index (χ0n) is 17.0. The maximum Gasteiger partial charge on any atom is 0.251 e. The third kappa shape index (κ3) is 4.44. The van der Waals surface area contributed by atoms with Crippen molar-refractivity contribution >= 4 is 29.0 Å². The Hall–Kier alpha value is -2.02. The number of hydrogen-bond donors (Lipinski definition) is 1. The minimum Gasteiger partial charge on any atom is -0.633 e. The number of rotatable bonds is 7. The topological polar surface area (TPSA) is 55.4 Å². The van der Waals surface area contributed by atoms with Crippen LogP contribution < -0.4 is 10.2 Å². The van der Waals surface area contributed by atoms with Crippen molar-refractivity contribution in [2.24, 2.45) is 0 Å². The molecule has 0 atom stereocenters.